The van der Waals surface area contributed by atoms with Crippen molar-refractivity contribution < 1.29 is 19.0 Å². The lowest BCUT2D eigenvalue weighted by Gasteiger charge is -2.11. The zero-order valence-corrected chi connectivity index (χ0v) is 19.8. The van der Waals surface area contributed by atoms with Crippen LogP contribution in [0.4, 0.5) is 0 Å². The normalized spacial score (nSPS) is 10.6. The van der Waals surface area contributed by atoms with Crippen molar-refractivity contribution in [1.29, 1.82) is 5.26 Å². The van der Waals surface area contributed by atoms with Gasteiger partial charge < -0.3 is 14.2 Å². The number of hydrogen-bond donors (Lipinski definition) is 0. The first-order chi connectivity index (χ1) is 16.5. The molecule has 0 fully saturated rings. The number of rotatable bonds is 10. The van der Waals surface area contributed by atoms with E-state index in [1.807, 2.05) is 26.0 Å². The van der Waals surface area contributed by atoms with Gasteiger partial charge in [-0.25, -0.2) is 9.78 Å². The van der Waals surface area contributed by atoms with Crippen LogP contribution in [0.2, 0.25) is 5.02 Å². The molecule has 0 unspecified atom stereocenters. The summed E-state index contributed by atoms with van der Waals surface area (Å²) in [5.41, 5.74) is 3.24. The van der Waals surface area contributed by atoms with E-state index in [-0.39, 0.29) is 5.97 Å². The number of aryl methyl sites for hydroxylation is 1. The maximum absolute atomic E-state index is 11.8. The van der Waals surface area contributed by atoms with Crippen LogP contribution in [0.1, 0.15) is 42.0 Å². The topological polar surface area (TPSA) is 81.4 Å². The fraction of sp³-hybridized carbons (Fsp3) is 0.222. The van der Waals surface area contributed by atoms with E-state index in [4.69, 9.17) is 31.1 Å². The number of ether oxygens (including phenoxy) is 3. The highest BCUT2D eigenvalue weighted by molar-refractivity contribution is 6.32. The molecule has 0 atom stereocenters. The molecule has 0 saturated heterocycles. The molecule has 6 nitrogen and oxygen atoms in total. The maximum Gasteiger partial charge on any atom is 0.330 e. The van der Waals surface area contributed by atoms with Gasteiger partial charge in [-0.2, -0.15) is 5.26 Å². The quantitative estimate of drug-likeness (QED) is 0.185. The van der Waals surface area contributed by atoms with Gasteiger partial charge in [-0.1, -0.05) is 37.1 Å². The molecule has 34 heavy (non-hydrogen) atoms. The zero-order chi connectivity index (χ0) is 24.3. The summed E-state index contributed by atoms with van der Waals surface area (Å²) in [6.07, 6.45) is 6.46. The standard InChI is InChI=1S/C27H25ClN2O4/c1-3-4-13-32-27(31)12-9-22-15-24(28)25(14-19(22)2)34-26-11-10-23(17-30-26)33-18-21-7-5-20(16-29)6-8-21/h5-12,14-15,17H,3-4,13,18H2,1-2H3/b12-9+. The van der Waals surface area contributed by atoms with Crippen LogP contribution in [0.5, 0.6) is 17.4 Å². The first-order valence-electron chi connectivity index (χ1n) is 10.9. The molecule has 0 aliphatic heterocycles. The first-order valence-corrected chi connectivity index (χ1v) is 11.3. The predicted octanol–water partition coefficient (Wildman–Crippen LogP) is 6.64. The summed E-state index contributed by atoms with van der Waals surface area (Å²) in [5.74, 6) is 1.04. The SMILES string of the molecule is CCCCOC(=O)/C=C/c1cc(Cl)c(Oc2ccc(OCc3ccc(C#N)cc3)cn2)cc1C. The van der Waals surface area contributed by atoms with Crippen molar-refractivity contribution in [1.82, 2.24) is 4.98 Å². The average Bonchev–Trinajstić information content (AvgIpc) is 2.85. The molecular weight excluding hydrogens is 452 g/mol. The van der Waals surface area contributed by atoms with Crippen LogP contribution in [0.3, 0.4) is 0 Å². The second-order valence-electron chi connectivity index (χ2n) is 7.53. The fourth-order valence-corrected chi connectivity index (χ4v) is 3.13. The van der Waals surface area contributed by atoms with E-state index in [1.54, 1.807) is 48.7 Å². The molecule has 0 saturated carbocycles. The minimum atomic E-state index is -0.380. The second-order valence-corrected chi connectivity index (χ2v) is 7.93. The fourth-order valence-electron chi connectivity index (χ4n) is 2.92. The Bertz CT molecular complexity index is 1180. The van der Waals surface area contributed by atoms with Crippen molar-refractivity contribution >= 4 is 23.6 Å². The predicted molar refractivity (Wildman–Crippen MR) is 131 cm³/mol. The van der Waals surface area contributed by atoms with E-state index in [9.17, 15) is 4.79 Å². The van der Waals surface area contributed by atoms with Gasteiger partial charge in [-0.05, 0) is 66.4 Å². The van der Waals surface area contributed by atoms with Gasteiger partial charge in [-0.3, -0.25) is 0 Å². The molecule has 0 amide bonds. The summed E-state index contributed by atoms with van der Waals surface area (Å²) in [7, 11) is 0. The zero-order valence-electron chi connectivity index (χ0n) is 19.1. The van der Waals surface area contributed by atoms with Crippen LogP contribution in [-0.4, -0.2) is 17.6 Å². The van der Waals surface area contributed by atoms with Crippen molar-refractivity contribution in [2.45, 2.75) is 33.3 Å². The average molecular weight is 477 g/mol. The van der Waals surface area contributed by atoms with Gasteiger partial charge >= 0.3 is 5.97 Å². The summed E-state index contributed by atoms with van der Waals surface area (Å²) < 4.78 is 16.7. The van der Waals surface area contributed by atoms with Crippen LogP contribution in [0.15, 0.2) is 60.8 Å². The van der Waals surface area contributed by atoms with Crippen LogP contribution >= 0.6 is 11.6 Å². The highest BCUT2D eigenvalue weighted by atomic mass is 35.5. The monoisotopic (exact) mass is 476 g/mol. The molecule has 0 aliphatic carbocycles. The van der Waals surface area contributed by atoms with Crippen molar-refractivity contribution in [3.8, 4) is 23.4 Å². The third-order valence-corrected chi connectivity index (χ3v) is 5.17. The number of pyridine rings is 1. The minimum Gasteiger partial charge on any atom is -0.487 e. The number of halogens is 1. The Morgan fingerprint density at radius 2 is 1.97 bits per heavy atom. The maximum atomic E-state index is 11.8. The second kappa shape index (κ2) is 12.4. The molecule has 1 heterocycles. The van der Waals surface area contributed by atoms with Gasteiger partial charge in [0.2, 0.25) is 5.88 Å². The molecule has 1 aromatic heterocycles. The number of carbonyl (C=O) groups excluding carboxylic acids is 1. The van der Waals surface area contributed by atoms with E-state index in [2.05, 4.69) is 11.1 Å². The molecule has 0 bridgehead atoms. The first kappa shape index (κ1) is 24.8. The number of aromatic nitrogens is 1. The Morgan fingerprint density at radius 1 is 1.18 bits per heavy atom. The van der Waals surface area contributed by atoms with E-state index < -0.39 is 0 Å². The van der Waals surface area contributed by atoms with Gasteiger partial charge in [0, 0.05) is 12.1 Å². The smallest absolute Gasteiger partial charge is 0.330 e. The Kier molecular flexibility index (Phi) is 9.07. The Morgan fingerprint density at radius 3 is 2.65 bits per heavy atom. The molecule has 174 valence electrons. The summed E-state index contributed by atoms with van der Waals surface area (Å²) in [6.45, 7) is 4.71. The van der Waals surface area contributed by atoms with Crippen molar-refractivity contribution in [2.24, 2.45) is 0 Å². The lowest BCUT2D eigenvalue weighted by Crippen LogP contribution is -2.01. The van der Waals surface area contributed by atoms with E-state index in [0.29, 0.717) is 41.2 Å². The lowest BCUT2D eigenvalue weighted by atomic mass is 10.1. The van der Waals surface area contributed by atoms with Gasteiger partial charge in [0.15, 0.2) is 0 Å². The summed E-state index contributed by atoms with van der Waals surface area (Å²) in [5, 5.41) is 9.26. The van der Waals surface area contributed by atoms with E-state index in [1.165, 1.54) is 6.08 Å². The number of nitrogens with zero attached hydrogens (tertiary/aromatic N) is 2. The number of benzene rings is 2. The Balaban J connectivity index is 1.58. The van der Waals surface area contributed by atoms with Crippen LogP contribution in [-0.2, 0) is 16.1 Å². The van der Waals surface area contributed by atoms with Crippen LogP contribution in [0.25, 0.3) is 6.08 Å². The molecule has 0 spiro atoms. The number of hydrogen-bond acceptors (Lipinski definition) is 6. The largest absolute Gasteiger partial charge is 0.487 e. The lowest BCUT2D eigenvalue weighted by molar-refractivity contribution is -0.137. The molecule has 0 radical (unpaired) electrons. The molecule has 0 N–H and O–H groups in total. The van der Waals surface area contributed by atoms with Crippen molar-refractivity contribution in [3.05, 3.63) is 88.1 Å². The van der Waals surface area contributed by atoms with Crippen LogP contribution < -0.4 is 9.47 Å². The van der Waals surface area contributed by atoms with Gasteiger partial charge in [0.25, 0.3) is 0 Å². The van der Waals surface area contributed by atoms with Crippen molar-refractivity contribution in [2.75, 3.05) is 6.61 Å². The van der Waals surface area contributed by atoms with E-state index >= 15 is 0 Å². The van der Waals surface area contributed by atoms with Gasteiger partial charge in [0.1, 0.15) is 18.1 Å². The number of esters is 1. The van der Waals surface area contributed by atoms with Gasteiger partial charge in [0.05, 0.1) is 29.5 Å². The minimum absolute atomic E-state index is 0.361. The Hall–Kier alpha value is -3.82. The van der Waals surface area contributed by atoms with E-state index in [0.717, 1.165) is 29.5 Å². The summed E-state index contributed by atoms with van der Waals surface area (Å²) in [6, 6.07) is 16.3. The van der Waals surface area contributed by atoms with Crippen LogP contribution in [0, 0.1) is 18.3 Å². The molecule has 7 heteroatoms. The number of nitriles is 1. The number of unbranched alkanes of at least 4 members (excludes halogenated alkanes) is 1. The molecule has 3 aromatic rings. The third-order valence-electron chi connectivity index (χ3n) is 4.87. The highest BCUT2D eigenvalue weighted by Crippen LogP contribution is 2.32. The molecule has 3 rings (SSSR count). The third kappa shape index (κ3) is 7.36. The summed E-state index contributed by atoms with van der Waals surface area (Å²) >= 11 is 6.39. The van der Waals surface area contributed by atoms with Crippen molar-refractivity contribution in [3.63, 3.8) is 0 Å². The molecular formula is C27H25ClN2O4. The Labute approximate surface area is 204 Å². The number of carbonyl (C=O) groups is 1. The molecule has 2 aromatic carbocycles. The summed E-state index contributed by atoms with van der Waals surface area (Å²) in [4.78, 5) is 16.1. The van der Waals surface area contributed by atoms with Gasteiger partial charge in [-0.15, -0.1) is 0 Å². The molecule has 0 aliphatic rings. The highest BCUT2D eigenvalue weighted by Gasteiger charge is 2.09.